The molecule has 0 radical (unpaired) electrons. The van der Waals surface area contributed by atoms with E-state index in [9.17, 15) is 4.79 Å². The van der Waals surface area contributed by atoms with Gasteiger partial charge in [-0.05, 0) is 43.4 Å². The summed E-state index contributed by atoms with van der Waals surface area (Å²) in [6, 6.07) is 11.2. The molecule has 1 aromatic carbocycles. The zero-order valence-corrected chi connectivity index (χ0v) is 14.2. The summed E-state index contributed by atoms with van der Waals surface area (Å²) in [5.41, 5.74) is 4.47. The quantitative estimate of drug-likeness (QED) is 0.920. The van der Waals surface area contributed by atoms with Crippen LogP contribution in [-0.2, 0) is 12.8 Å². The highest BCUT2D eigenvalue weighted by Crippen LogP contribution is 2.25. The normalized spacial score (nSPS) is 21.5. The molecule has 2 aliphatic rings. The van der Waals surface area contributed by atoms with Crippen molar-refractivity contribution in [2.75, 3.05) is 26.2 Å². The standard InChI is InChI=1S/C19H24N4O/c1-14-12-18(21-20-14)19(24)23-10-8-22(9-11-23)17-7-6-15-4-2-3-5-16(15)13-17/h2-5,12,17H,6-11,13H2,1H3,(H,20,21)/t17-/m0/s1. The summed E-state index contributed by atoms with van der Waals surface area (Å²) in [5.74, 6) is 0.0491. The molecule has 24 heavy (non-hydrogen) atoms. The summed E-state index contributed by atoms with van der Waals surface area (Å²) in [5, 5.41) is 6.95. The largest absolute Gasteiger partial charge is 0.335 e. The van der Waals surface area contributed by atoms with Crippen molar-refractivity contribution in [3.05, 3.63) is 52.8 Å². The summed E-state index contributed by atoms with van der Waals surface area (Å²) in [6.45, 7) is 5.43. The molecule has 0 unspecified atom stereocenters. The lowest BCUT2D eigenvalue weighted by atomic mass is 9.87. The van der Waals surface area contributed by atoms with Crippen molar-refractivity contribution in [2.45, 2.75) is 32.2 Å². The van der Waals surface area contributed by atoms with Gasteiger partial charge in [0.2, 0.25) is 0 Å². The second kappa shape index (κ2) is 6.40. The van der Waals surface area contributed by atoms with Gasteiger partial charge < -0.3 is 4.90 Å². The molecule has 1 fully saturated rings. The first-order valence-corrected chi connectivity index (χ1v) is 8.83. The van der Waals surface area contributed by atoms with Crippen LogP contribution in [0, 0.1) is 6.92 Å². The number of carbonyl (C=O) groups excluding carboxylic acids is 1. The van der Waals surface area contributed by atoms with E-state index in [0.29, 0.717) is 11.7 Å². The van der Waals surface area contributed by atoms with Crippen molar-refractivity contribution in [1.29, 1.82) is 0 Å². The fourth-order valence-corrected chi connectivity index (χ4v) is 3.97. The highest BCUT2D eigenvalue weighted by molar-refractivity contribution is 5.92. The Morgan fingerprint density at radius 3 is 2.62 bits per heavy atom. The minimum absolute atomic E-state index is 0.0491. The Labute approximate surface area is 142 Å². The number of nitrogens with one attached hydrogen (secondary N) is 1. The van der Waals surface area contributed by atoms with Crippen molar-refractivity contribution in [1.82, 2.24) is 20.0 Å². The maximum absolute atomic E-state index is 12.5. The fraction of sp³-hybridized carbons (Fsp3) is 0.474. The molecule has 2 heterocycles. The fourth-order valence-electron chi connectivity index (χ4n) is 3.97. The molecule has 0 spiro atoms. The van der Waals surface area contributed by atoms with E-state index in [4.69, 9.17) is 0 Å². The summed E-state index contributed by atoms with van der Waals surface area (Å²) in [7, 11) is 0. The first-order chi connectivity index (χ1) is 11.7. The third kappa shape index (κ3) is 2.96. The summed E-state index contributed by atoms with van der Waals surface area (Å²) in [6.07, 6.45) is 3.54. The summed E-state index contributed by atoms with van der Waals surface area (Å²) in [4.78, 5) is 17.0. The minimum Gasteiger partial charge on any atom is -0.335 e. The maximum Gasteiger partial charge on any atom is 0.274 e. The zero-order valence-electron chi connectivity index (χ0n) is 14.2. The number of rotatable bonds is 2. The van der Waals surface area contributed by atoms with Crippen molar-refractivity contribution in [3.8, 4) is 0 Å². The highest BCUT2D eigenvalue weighted by Gasteiger charge is 2.29. The first kappa shape index (κ1) is 15.4. The van der Waals surface area contributed by atoms with E-state index < -0.39 is 0 Å². The Balaban J connectivity index is 1.36. The molecular formula is C19H24N4O. The van der Waals surface area contributed by atoms with Crippen LogP contribution in [0.15, 0.2) is 30.3 Å². The summed E-state index contributed by atoms with van der Waals surface area (Å²) >= 11 is 0. The lowest BCUT2D eigenvalue weighted by molar-refractivity contribution is 0.0548. The maximum atomic E-state index is 12.5. The molecule has 0 saturated carbocycles. The van der Waals surface area contributed by atoms with Gasteiger partial charge >= 0.3 is 0 Å². The molecule has 1 amide bonds. The molecule has 1 N–H and O–H groups in total. The average molecular weight is 324 g/mol. The number of fused-ring (bicyclic) bond motifs is 1. The number of aryl methyl sites for hydroxylation is 2. The summed E-state index contributed by atoms with van der Waals surface area (Å²) < 4.78 is 0. The number of hydrogen-bond acceptors (Lipinski definition) is 3. The van der Waals surface area contributed by atoms with Crippen LogP contribution in [0.2, 0.25) is 0 Å². The number of carbonyl (C=O) groups is 1. The lowest BCUT2D eigenvalue weighted by Crippen LogP contribution is -2.53. The number of benzene rings is 1. The molecule has 0 bridgehead atoms. The van der Waals surface area contributed by atoms with Crippen molar-refractivity contribution in [3.63, 3.8) is 0 Å². The van der Waals surface area contributed by atoms with Gasteiger partial charge in [-0.3, -0.25) is 14.8 Å². The van der Waals surface area contributed by atoms with Crippen LogP contribution < -0.4 is 0 Å². The number of H-pyrrole nitrogens is 1. The third-order valence-corrected chi connectivity index (χ3v) is 5.36. The third-order valence-electron chi connectivity index (χ3n) is 5.36. The highest BCUT2D eigenvalue weighted by atomic mass is 16.2. The van der Waals surface area contributed by atoms with E-state index in [1.54, 1.807) is 0 Å². The molecule has 4 rings (SSSR count). The molecular weight excluding hydrogens is 300 g/mol. The number of aromatic amines is 1. The second-order valence-corrected chi connectivity index (χ2v) is 6.93. The molecule has 1 saturated heterocycles. The topological polar surface area (TPSA) is 52.2 Å². The van der Waals surface area contributed by atoms with Crippen molar-refractivity contribution >= 4 is 5.91 Å². The van der Waals surface area contributed by atoms with Crippen LogP contribution in [0.4, 0.5) is 0 Å². The van der Waals surface area contributed by atoms with Gasteiger partial charge in [-0.2, -0.15) is 5.10 Å². The van der Waals surface area contributed by atoms with E-state index in [-0.39, 0.29) is 5.91 Å². The van der Waals surface area contributed by atoms with Crippen LogP contribution in [0.3, 0.4) is 0 Å². The van der Waals surface area contributed by atoms with E-state index in [1.165, 1.54) is 24.0 Å². The average Bonchev–Trinajstić information content (AvgIpc) is 3.07. The van der Waals surface area contributed by atoms with Gasteiger partial charge in [-0.1, -0.05) is 24.3 Å². The van der Waals surface area contributed by atoms with Crippen LogP contribution in [0.25, 0.3) is 0 Å². The van der Waals surface area contributed by atoms with Gasteiger partial charge in [0.15, 0.2) is 0 Å². The first-order valence-electron chi connectivity index (χ1n) is 8.83. The van der Waals surface area contributed by atoms with E-state index in [2.05, 4.69) is 39.4 Å². The molecule has 1 aliphatic heterocycles. The van der Waals surface area contributed by atoms with Gasteiger partial charge in [-0.15, -0.1) is 0 Å². The van der Waals surface area contributed by atoms with Crippen LogP contribution in [0.5, 0.6) is 0 Å². The van der Waals surface area contributed by atoms with E-state index in [0.717, 1.165) is 38.3 Å². The predicted molar refractivity (Wildman–Crippen MR) is 93.1 cm³/mol. The van der Waals surface area contributed by atoms with Crippen LogP contribution >= 0.6 is 0 Å². The SMILES string of the molecule is Cc1cc(C(=O)N2CCN([C@H]3CCc4ccccc4C3)CC2)n[nH]1. The molecule has 5 nitrogen and oxygen atoms in total. The Hall–Kier alpha value is -2.14. The zero-order chi connectivity index (χ0) is 16.5. The number of piperazine rings is 1. The van der Waals surface area contributed by atoms with Crippen LogP contribution in [0.1, 0.15) is 33.7 Å². The van der Waals surface area contributed by atoms with Crippen molar-refractivity contribution in [2.24, 2.45) is 0 Å². The van der Waals surface area contributed by atoms with Gasteiger partial charge in [0.05, 0.1) is 0 Å². The molecule has 1 aromatic heterocycles. The molecule has 1 atom stereocenters. The molecule has 2 aromatic rings. The lowest BCUT2D eigenvalue weighted by Gasteiger charge is -2.41. The van der Waals surface area contributed by atoms with E-state index >= 15 is 0 Å². The Morgan fingerprint density at radius 2 is 1.92 bits per heavy atom. The number of amides is 1. The molecule has 5 heteroatoms. The van der Waals surface area contributed by atoms with Gasteiger partial charge in [0.1, 0.15) is 5.69 Å². The monoisotopic (exact) mass is 324 g/mol. The molecule has 1 aliphatic carbocycles. The minimum atomic E-state index is 0.0491. The van der Waals surface area contributed by atoms with Gasteiger partial charge in [0, 0.05) is 37.9 Å². The Kier molecular flexibility index (Phi) is 4.10. The van der Waals surface area contributed by atoms with Crippen LogP contribution in [-0.4, -0.2) is 58.1 Å². The Morgan fingerprint density at radius 1 is 1.17 bits per heavy atom. The van der Waals surface area contributed by atoms with E-state index in [1.807, 2.05) is 17.9 Å². The predicted octanol–water partition coefficient (Wildman–Crippen LogP) is 2.03. The van der Waals surface area contributed by atoms with Crippen molar-refractivity contribution < 1.29 is 4.79 Å². The molecule has 126 valence electrons. The smallest absolute Gasteiger partial charge is 0.274 e. The second-order valence-electron chi connectivity index (χ2n) is 6.93. The van der Waals surface area contributed by atoms with Gasteiger partial charge in [-0.25, -0.2) is 0 Å². The number of hydrogen-bond donors (Lipinski definition) is 1. The number of aromatic nitrogens is 2. The Bertz CT molecular complexity index is 730. The van der Waals surface area contributed by atoms with Gasteiger partial charge in [0.25, 0.3) is 5.91 Å². The number of nitrogens with zero attached hydrogens (tertiary/aromatic N) is 3.